The molecule has 27 heavy (non-hydrogen) atoms. The Labute approximate surface area is 160 Å². The summed E-state index contributed by atoms with van der Waals surface area (Å²) in [6.07, 6.45) is 2.03. The van der Waals surface area contributed by atoms with Crippen molar-refractivity contribution in [1.82, 2.24) is 0 Å². The van der Waals surface area contributed by atoms with Crippen LogP contribution in [0.25, 0.3) is 22.1 Å². The maximum Gasteiger partial charge on any atom is 0.200 e. The minimum Gasteiger partial charge on any atom is -0.493 e. The van der Waals surface area contributed by atoms with Crippen molar-refractivity contribution in [3.05, 3.63) is 63.2 Å². The SMILES string of the molecule is Cc1oc2cc(OCCCCC#N)ccc2c(=O)c1-c1c(F)cccc1Cl. The van der Waals surface area contributed by atoms with Crippen LogP contribution in [0.2, 0.25) is 5.02 Å². The zero-order chi connectivity index (χ0) is 19.4. The quantitative estimate of drug-likeness (QED) is 0.515. The molecular weight excluding hydrogens is 369 g/mol. The molecule has 3 aromatic rings. The summed E-state index contributed by atoms with van der Waals surface area (Å²) in [4.78, 5) is 12.9. The largest absolute Gasteiger partial charge is 0.493 e. The lowest BCUT2D eigenvalue weighted by Crippen LogP contribution is -2.09. The number of benzene rings is 2. The Morgan fingerprint density at radius 1 is 1.22 bits per heavy atom. The van der Waals surface area contributed by atoms with Gasteiger partial charge < -0.3 is 9.15 Å². The predicted molar refractivity (Wildman–Crippen MR) is 103 cm³/mol. The summed E-state index contributed by atoms with van der Waals surface area (Å²) in [6, 6.07) is 11.3. The Balaban J connectivity index is 1.98. The van der Waals surface area contributed by atoms with Crippen LogP contribution < -0.4 is 10.2 Å². The smallest absolute Gasteiger partial charge is 0.200 e. The van der Waals surface area contributed by atoms with E-state index in [2.05, 4.69) is 6.07 Å². The third kappa shape index (κ3) is 3.96. The molecular formula is C21H17ClFNO3. The molecule has 1 aromatic heterocycles. The molecule has 0 spiro atoms. The number of aryl methyl sites for hydroxylation is 1. The summed E-state index contributed by atoms with van der Waals surface area (Å²) in [7, 11) is 0. The van der Waals surface area contributed by atoms with Gasteiger partial charge in [0.05, 0.1) is 28.6 Å². The van der Waals surface area contributed by atoms with Gasteiger partial charge in [-0.05, 0) is 44.0 Å². The summed E-state index contributed by atoms with van der Waals surface area (Å²) < 4.78 is 25.7. The number of hydrogen-bond acceptors (Lipinski definition) is 4. The van der Waals surface area contributed by atoms with E-state index < -0.39 is 5.82 Å². The average molecular weight is 386 g/mol. The first-order valence-corrected chi connectivity index (χ1v) is 8.92. The maximum absolute atomic E-state index is 14.3. The molecule has 0 saturated carbocycles. The molecule has 0 atom stereocenters. The normalized spacial score (nSPS) is 10.7. The monoisotopic (exact) mass is 385 g/mol. The van der Waals surface area contributed by atoms with Crippen molar-refractivity contribution in [2.75, 3.05) is 6.61 Å². The van der Waals surface area contributed by atoms with Crippen LogP contribution in [-0.4, -0.2) is 6.61 Å². The fourth-order valence-corrected chi connectivity index (χ4v) is 3.15. The summed E-state index contributed by atoms with van der Waals surface area (Å²) in [6.45, 7) is 2.08. The standard InChI is InChI=1S/C21H17ClFNO3/c1-13-19(20-16(22)6-5-7-17(20)23)21(25)15-9-8-14(12-18(15)27-13)26-11-4-2-3-10-24/h5-9,12H,2-4,11H2,1H3. The third-order valence-electron chi connectivity index (χ3n) is 4.20. The second kappa shape index (κ2) is 8.24. The van der Waals surface area contributed by atoms with Crippen LogP contribution in [0.15, 0.2) is 45.6 Å². The summed E-state index contributed by atoms with van der Waals surface area (Å²) in [5.74, 6) is 0.277. The molecule has 6 heteroatoms. The van der Waals surface area contributed by atoms with Crippen LogP contribution in [0.1, 0.15) is 25.0 Å². The molecule has 0 bridgehead atoms. The number of unbranched alkanes of at least 4 members (excludes halogenated alkanes) is 2. The molecule has 2 aromatic carbocycles. The van der Waals surface area contributed by atoms with Crippen molar-refractivity contribution in [3.8, 4) is 22.9 Å². The van der Waals surface area contributed by atoms with E-state index >= 15 is 0 Å². The minimum atomic E-state index is -0.574. The van der Waals surface area contributed by atoms with Gasteiger partial charge in [0.2, 0.25) is 5.43 Å². The Hall–Kier alpha value is -2.84. The first-order valence-electron chi connectivity index (χ1n) is 8.54. The van der Waals surface area contributed by atoms with Crippen molar-refractivity contribution < 1.29 is 13.5 Å². The van der Waals surface area contributed by atoms with Gasteiger partial charge in [-0.25, -0.2) is 4.39 Å². The molecule has 0 unspecified atom stereocenters. The maximum atomic E-state index is 14.3. The number of fused-ring (bicyclic) bond motifs is 1. The molecule has 3 rings (SSSR count). The molecule has 0 saturated heterocycles. The van der Waals surface area contributed by atoms with Crippen molar-refractivity contribution in [2.45, 2.75) is 26.2 Å². The molecule has 0 aliphatic carbocycles. The highest BCUT2D eigenvalue weighted by molar-refractivity contribution is 6.33. The van der Waals surface area contributed by atoms with Gasteiger partial charge in [-0.2, -0.15) is 5.26 Å². The Bertz CT molecular complexity index is 1060. The lowest BCUT2D eigenvalue weighted by molar-refractivity contribution is 0.307. The molecule has 1 heterocycles. The van der Waals surface area contributed by atoms with Gasteiger partial charge in [-0.1, -0.05) is 17.7 Å². The van der Waals surface area contributed by atoms with Gasteiger partial charge in [-0.15, -0.1) is 0 Å². The average Bonchev–Trinajstić information content (AvgIpc) is 2.63. The molecule has 0 aliphatic rings. The molecule has 0 radical (unpaired) electrons. The first kappa shape index (κ1) is 18.9. The van der Waals surface area contributed by atoms with E-state index in [4.69, 9.17) is 26.0 Å². The Morgan fingerprint density at radius 2 is 2.04 bits per heavy atom. The Morgan fingerprint density at radius 3 is 2.78 bits per heavy atom. The Kier molecular flexibility index (Phi) is 5.78. The zero-order valence-corrected chi connectivity index (χ0v) is 15.5. The predicted octanol–water partition coefficient (Wildman–Crippen LogP) is 5.63. The van der Waals surface area contributed by atoms with Gasteiger partial charge in [0.15, 0.2) is 0 Å². The summed E-state index contributed by atoms with van der Waals surface area (Å²) in [5.41, 5.74) is 0.186. The molecule has 138 valence electrons. The minimum absolute atomic E-state index is 0.0464. The van der Waals surface area contributed by atoms with Crippen LogP contribution in [-0.2, 0) is 0 Å². The second-order valence-electron chi connectivity index (χ2n) is 6.08. The highest BCUT2D eigenvalue weighted by Gasteiger charge is 2.19. The lowest BCUT2D eigenvalue weighted by Gasteiger charge is -2.11. The van der Waals surface area contributed by atoms with E-state index in [9.17, 15) is 9.18 Å². The molecule has 4 nitrogen and oxygen atoms in total. The topological polar surface area (TPSA) is 63.2 Å². The van der Waals surface area contributed by atoms with E-state index in [1.165, 1.54) is 18.2 Å². The number of rotatable bonds is 6. The van der Waals surface area contributed by atoms with Gasteiger partial charge in [0.1, 0.15) is 22.9 Å². The molecule has 0 aliphatic heterocycles. The van der Waals surface area contributed by atoms with Gasteiger partial charge >= 0.3 is 0 Å². The van der Waals surface area contributed by atoms with E-state index in [1.54, 1.807) is 25.1 Å². The third-order valence-corrected chi connectivity index (χ3v) is 4.52. The number of ether oxygens (including phenoxy) is 1. The highest BCUT2D eigenvalue weighted by Crippen LogP contribution is 2.32. The highest BCUT2D eigenvalue weighted by atomic mass is 35.5. The van der Waals surface area contributed by atoms with E-state index in [-0.39, 0.29) is 27.3 Å². The molecule has 0 fully saturated rings. The van der Waals surface area contributed by atoms with Crippen molar-refractivity contribution >= 4 is 22.6 Å². The van der Waals surface area contributed by atoms with Gasteiger partial charge in [0, 0.05) is 18.1 Å². The number of hydrogen-bond donors (Lipinski definition) is 0. The van der Waals surface area contributed by atoms with Crippen LogP contribution in [0.4, 0.5) is 4.39 Å². The molecule has 0 amide bonds. The van der Waals surface area contributed by atoms with Crippen molar-refractivity contribution in [1.29, 1.82) is 5.26 Å². The van der Waals surface area contributed by atoms with Crippen LogP contribution in [0.5, 0.6) is 5.75 Å². The number of nitriles is 1. The van der Waals surface area contributed by atoms with Crippen LogP contribution in [0.3, 0.4) is 0 Å². The van der Waals surface area contributed by atoms with Crippen LogP contribution in [0, 0.1) is 24.1 Å². The van der Waals surface area contributed by atoms with E-state index in [0.29, 0.717) is 29.7 Å². The second-order valence-corrected chi connectivity index (χ2v) is 6.49. The van der Waals surface area contributed by atoms with Crippen LogP contribution >= 0.6 is 11.6 Å². The first-order chi connectivity index (χ1) is 13.0. The molecule has 0 N–H and O–H groups in total. The fourth-order valence-electron chi connectivity index (χ4n) is 2.90. The number of nitrogens with zero attached hydrogens (tertiary/aromatic N) is 1. The van der Waals surface area contributed by atoms with Crippen molar-refractivity contribution in [3.63, 3.8) is 0 Å². The lowest BCUT2D eigenvalue weighted by atomic mass is 10.0. The van der Waals surface area contributed by atoms with E-state index in [1.807, 2.05) is 0 Å². The fraction of sp³-hybridized carbons (Fsp3) is 0.238. The number of halogens is 2. The van der Waals surface area contributed by atoms with Gasteiger partial charge in [-0.3, -0.25) is 4.79 Å². The summed E-state index contributed by atoms with van der Waals surface area (Å²) >= 11 is 6.12. The summed E-state index contributed by atoms with van der Waals surface area (Å²) in [5, 5.41) is 9.01. The van der Waals surface area contributed by atoms with Crippen molar-refractivity contribution in [2.24, 2.45) is 0 Å². The van der Waals surface area contributed by atoms with Gasteiger partial charge in [0.25, 0.3) is 0 Å². The van der Waals surface area contributed by atoms with E-state index in [0.717, 1.165) is 12.8 Å². The zero-order valence-electron chi connectivity index (χ0n) is 14.7.